The van der Waals surface area contributed by atoms with Crippen molar-refractivity contribution in [1.82, 2.24) is 9.97 Å². The lowest BCUT2D eigenvalue weighted by Crippen LogP contribution is -1.98. The van der Waals surface area contributed by atoms with Crippen molar-refractivity contribution in [2.75, 3.05) is 5.33 Å². The zero-order valence-electron chi connectivity index (χ0n) is 5.30. The summed E-state index contributed by atoms with van der Waals surface area (Å²) < 4.78 is 0. The number of nitrogens with one attached hydrogen (secondary N) is 1. The Labute approximate surface area is 67.0 Å². The molecule has 1 rings (SSSR count). The fourth-order valence-electron chi connectivity index (χ4n) is 0.627. The summed E-state index contributed by atoms with van der Waals surface area (Å²) in [5.41, 5.74) is 0.513. The first-order valence-corrected chi connectivity index (χ1v) is 4.04. The molecule has 0 radical (unpaired) electrons. The Hall–Kier alpha value is -0.640. The molecule has 0 bridgehead atoms. The van der Waals surface area contributed by atoms with E-state index in [9.17, 15) is 4.79 Å². The van der Waals surface area contributed by atoms with Gasteiger partial charge in [-0.25, -0.2) is 4.98 Å². The molecule has 54 valence electrons. The van der Waals surface area contributed by atoms with Gasteiger partial charge in [0.1, 0.15) is 5.69 Å². The van der Waals surface area contributed by atoms with Gasteiger partial charge in [-0.05, 0) is 0 Å². The number of halogens is 1. The van der Waals surface area contributed by atoms with Crippen molar-refractivity contribution in [2.24, 2.45) is 0 Å². The van der Waals surface area contributed by atoms with Crippen LogP contribution in [0.1, 0.15) is 16.9 Å². The van der Waals surface area contributed by atoms with Crippen LogP contribution in [-0.2, 0) is 0 Å². The number of aromatic amines is 1. The van der Waals surface area contributed by atoms with Gasteiger partial charge < -0.3 is 4.98 Å². The Morgan fingerprint density at radius 3 is 3.10 bits per heavy atom. The summed E-state index contributed by atoms with van der Waals surface area (Å²) in [5, 5.41) is 0.693. The summed E-state index contributed by atoms with van der Waals surface area (Å²) in [5.74, 6) is 0.0677. The SMILES string of the molecule is O=C(CCBr)c1c[nH]cn1. The quantitative estimate of drug-likeness (QED) is 0.595. The third kappa shape index (κ3) is 1.67. The minimum absolute atomic E-state index is 0.0677. The number of hydrogen-bond acceptors (Lipinski definition) is 2. The molecule has 1 heterocycles. The molecule has 4 heteroatoms. The molecule has 3 nitrogen and oxygen atoms in total. The molecule has 0 atom stereocenters. The lowest BCUT2D eigenvalue weighted by Gasteiger charge is -1.88. The number of nitrogens with zero attached hydrogens (tertiary/aromatic N) is 1. The minimum Gasteiger partial charge on any atom is -0.350 e. The summed E-state index contributed by atoms with van der Waals surface area (Å²) in [6, 6.07) is 0. The number of ketones is 1. The Balaban J connectivity index is 2.59. The van der Waals surface area contributed by atoms with E-state index in [1.54, 1.807) is 6.20 Å². The minimum atomic E-state index is 0.0677. The summed E-state index contributed by atoms with van der Waals surface area (Å²) in [6.45, 7) is 0. The number of imidazole rings is 1. The van der Waals surface area contributed by atoms with Crippen LogP contribution in [0.15, 0.2) is 12.5 Å². The van der Waals surface area contributed by atoms with E-state index in [1.807, 2.05) is 0 Å². The highest BCUT2D eigenvalue weighted by Gasteiger charge is 2.04. The zero-order valence-corrected chi connectivity index (χ0v) is 6.89. The third-order valence-electron chi connectivity index (χ3n) is 1.11. The van der Waals surface area contributed by atoms with Crippen LogP contribution in [0.2, 0.25) is 0 Å². The highest BCUT2D eigenvalue weighted by Crippen LogP contribution is 1.98. The maximum Gasteiger partial charge on any atom is 0.183 e. The van der Waals surface area contributed by atoms with Crippen molar-refractivity contribution in [2.45, 2.75) is 6.42 Å². The van der Waals surface area contributed by atoms with Crippen molar-refractivity contribution >= 4 is 21.7 Å². The highest BCUT2D eigenvalue weighted by molar-refractivity contribution is 9.09. The van der Waals surface area contributed by atoms with Crippen molar-refractivity contribution in [1.29, 1.82) is 0 Å². The molecule has 0 aromatic carbocycles. The molecule has 0 aliphatic carbocycles. The van der Waals surface area contributed by atoms with Crippen LogP contribution >= 0.6 is 15.9 Å². The molecular formula is C6H7BrN2O. The molecule has 0 aliphatic rings. The number of rotatable bonds is 3. The van der Waals surface area contributed by atoms with Crippen molar-refractivity contribution < 1.29 is 4.79 Å². The van der Waals surface area contributed by atoms with Crippen LogP contribution in [-0.4, -0.2) is 21.1 Å². The monoisotopic (exact) mass is 202 g/mol. The number of alkyl halides is 1. The number of aromatic nitrogens is 2. The lowest BCUT2D eigenvalue weighted by molar-refractivity contribution is 0.0985. The molecular weight excluding hydrogens is 196 g/mol. The van der Waals surface area contributed by atoms with E-state index in [2.05, 4.69) is 25.9 Å². The van der Waals surface area contributed by atoms with E-state index >= 15 is 0 Å². The van der Waals surface area contributed by atoms with Crippen molar-refractivity contribution in [3.63, 3.8) is 0 Å². The summed E-state index contributed by atoms with van der Waals surface area (Å²) >= 11 is 3.18. The van der Waals surface area contributed by atoms with Gasteiger partial charge >= 0.3 is 0 Å². The number of H-pyrrole nitrogens is 1. The highest BCUT2D eigenvalue weighted by atomic mass is 79.9. The molecule has 0 aliphatic heterocycles. The van der Waals surface area contributed by atoms with Gasteiger partial charge in [0, 0.05) is 17.9 Å². The Morgan fingerprint density at radius 1 is 1.80 bits per heavy atom. The standard InChI is InChI=1S/C6H7BrN2O/c7-2-1-6(10)5-3-8-4-9-5/h3-4H,1-2H2,(H,8,9). The van der Waals surface area contributed by atoms with E-state index in [4.69, 9.17) is 0 Å². The van der Waals surface area contributed by atoms with Gasteiger partial charge in [0.2, 0.25) is 0 Å². The van der Waals surface area contributed by atoms with E-state index in [1.165, 1.54) is 6.33 Å². The molecule has 0 amide bonds. The van der Waals surface area contributed by atoms with E-state index in [0.29, 0.717) is 17.4 Å². The lowest BCUT2D eigenvalue weighted by atomic mass is 10.2. The number of carbonyl (C=O) groups is 1. The summed E-state index contributed by atoms with van der Waals surface area (Å²) in [6.07, 6.45) is 3.61. The van der Waals surface area contributed by atoms with Gasteiger partial charge in [-0.2, -0.15) is 0 Å². The zero-order chi connectivity index (χ0) is 7.40. The van der Waals surface area contributed by atoms with E-state index in [-0.39, 0.29) is 5.78 Å². The first-order chi connectivity index (χ1) is 4.84. The molecule has 10 heavy (non-hydrogen) atoms. The van der Waals surface area contributed by atoms with Gasteiger partial charge in [0.05, 0.1) is 6.33 Å². The first kappa shape index (κ1) is 7.47. The number of hydrogen-bond donors (Lipinski definition) is 1. The van der Waals surface area contributed by atoms with E-state index < -0.39 is 0 Å². The maximum absolute atomic E-state index is 11.0. The molecule has 0 fully saturated rings. The Morgan fingerprint density at radius 2 is 2.60 bits per heavy atom. The fraction of sp³-hybridized carbons (Fsp3) is 0.333. The maximum atomic E-state index is 11.0. The van der Waals surface area contributed by atoms with Gasteiger partial charge in [0.25, 0.3) is 0 Å². The van der Waals surface area contributed by atoms with Gasteiger partial charge in [-0.1, -0.05) is 15.9 Å². The fourth-order valence-corrected chi connectivity index (χ4v) is 0.987. The number of Topliss-reactive ketones (excluding diaryl/α,β-unsaturated/α-hetero) is 1. The average Bonchev–Trinajstić information content (AvgIpc) is 2.38. The molecule has 1 aromatic rings. The summed E-state index contributed by atoms with van der Waals surface area (Å²) in [7, 11) is 0. The largest absolute Gasteiger partial charge is 0.350 e. The topological polar surface area (TPSA) is 45.8 Å². The van der Waals surface area contributed by atoms with Crippen molar-refractivity contribution in [3.05, 3.63) is 18.2 Å². The smallest absolute Gasteiger partial charge is 0.183 e. The predicted octanol–water partition coefficient (Wildman–Crippen LogP) is 1.38. The van der Waals surface area contributed by atoms with Crippen LogP contribution in [0.4, 0.5) is 0 Å². The third-order valence-corrected chi connectivity index (χ3v) is 1.50. The van der Waals surface area contributed by atoms with Gasteiger partial charge in [-0.3, -0.25) is 4.79 Å². The van der Waals surface area contributed by atoms with Gasteiger partial charge in [0.15, 0.2) is 5.78 Å². The molecule has 0 unspecified atom stereocenters. The predicted molar refractivity (Wildman–Crippen MR) is 41.3 cm³/mol. The molecule has 1 aromatic heterocycles. The normalized spacial score (nSPS) is 9.70. The van der Waals surface area contributed by atoms with E-state index in [0.717, 1.165) is 0 Å². The molecule has 0 saturated carbocycles. The molecule has 1 N–H and O–H groups in total. The average molecular weight is 203 g/mol. The van der Waals surface area contributed by atoms with Crippen LogP contribution in [0.3, 0.4) is 0 Å². The first-order valence-electron chi connectivity index (χ1n) is 2.92. The van der Waals surface area contributed by atoms with Crippen LogP contribution in [0.25, 0.3) is 0 Å². The second-order valence-corrected chi connectivity index (χ2v) is 2.61. The van der Waals surface area contributed by atoms with Gasteiger partial charge in [-0.15, -0.1) is 0 Å². The van der Waals surface area contributed by atoms with Crippen molar-refractivity contribution in [3.8, 4) is 0 Å². The second-order valence-electron chi connectivity index (χ2n) is 1.82. The van der Waals surface area contributed by atoms with Crippen LogP contribution in [0.5, 0.6) is 0 Å². The second kappa shape index (κ2) is 3.51. The molecule has 0 saturated heterocycles. The summed E-state index contributed by atoms with van der Waals surface area (Å²) in [4.78, 5) is 17.5. The molecule has 0 spiro atoms. The Bertz CT molecular complexity index is 208. The van der Waals surface area contributed by atoms with Crippen LogP contribution < -0.4 is 0 Å². The van der Waals surface area contributed by atoms with Crippen LogP contribution in [0, 0.1) is 0 Å². The number of carbonyl (C=O) groups excluding carboxylic acids is 1. The Kier molecular flexibility index (Phi) is 2.62.